The van der Waals surface area contributed by atoms with E-state index in [9.17, 15) is 13.2 Å². The number of para-hydroxylation sites is 1. The molecule has 2 aliphatic rings. The molecule has 0 fully saturated rings. The summed E-state index contributed by atoms with van der Waals surface area (Å²) >= 11 is 1.42. The molecule has 1 amide bonds. The molecule has 4 aromatic rings. The van der Waals surface area contributed by atoms with E-state index >= 15 is 0 Å². The Morgan fingerprint density at radius 3 is 2.48 bits per heavy atom. The molecule has 1 aromatic heterocycles. The number of aromatic nitrogens is 1. The second-order valence-electron chi connectivity index (χ2n) is 9.63. The Morgan fingerprint density at radius 1 is 1.00 bits per heavy atom. The Labute approximate surface area is 237 Å². The molecule has 0 spiro atoms. The summed E-state index contributed by atoms with van der Waals surface area (Å²) in [5.41, 5.74) is 2.86. The Balaban J connectivity index is 1.29. The first kappa shape index (κ1) is 26.5. The van der Waals surface area contributed by atoms with E-state index in [0.29, 0.717) is 53.9 Å². The van der Waals surface area contributed by atoms with Crippen molar-refractivity contribution in [1.29, 1.82) is 0 Å². The highest BCUT2D eigenvalue weighted by atomic mass is 32.2. The van der Waals surface area contributed by atoms with Gasteiger partial charge < -0.3 is 14.4 Å². The topological polar surface area (TPSA) is 92.3 Å². The van der Waals surface area contributed by atoms with Gasteiger partial charge in [-0.15, -0.1) is 0 Å². The van der Waals surface area contributed by atoms with Gasteiger partial charge in [0.15, 0.2) is 16.6 Å². The van der Waals surface area contributed by atoms with E-state index < -0.39 is 10.0 Å². The van der Waals surface area contributed by atoms with Crippen LogP contribution < -0.4 is 18.7 Å². The Bertz CT molecular complexity index is 1620. The third-order valence-electron chi connectivity index (χ3n) is 7.42. The first-order chi connectivity index (χ1) is 19.4. The number of sulfonamides is 1. The van der Waals surface area contributed by atoms with Crippen LogP contribution in [0.5, 0.6) is 11.5 Å². The van der Waals surface area contributed by atoms with Gasteiger partial charge in [-0.1, -0.05) is 43.4 Å². The summed E-state index contributed by atoms with van der Waals surface area (Å²) in [6, 6.07) is 17.5. The number of nitrogens with zero attached hydrogens (tertiary/aromatic N) is 4. The Kier molecular flexibility index (Phi) is 7.11. The molecular formula is C29H30N4O5S2. The number of fused-ring (bicyclic) bond motifs is 3. The number of benzene rings is 3. The van der Waals surface area contributed by atoms with Gasteiger partial charge in [-0.2, -0.15) is 0 Å². The maximum Gasteiger partial charge on any atom is 0.264 e. The number of amides is 1. The van der Waals surface area contributed by atoms with Crippen LogP contribution in [0.1, 0.15) is 29.8 Å². The highest BCUT2D eigenvalue weighted by molar-refractivity contribution is 7.92. The zero-order valence-corrected chi connectivity index (χ0v) is 24.0. The standard InChI is InChI=1S/C29H30N4O5S2/c1-3-31(4-2)15-16-32(29-30-23-17-25-26(38-19-37-25)18-27(23)39-29)28(34)21-9-11-22(12-10-21)40(35,36)33-14-13-20-7-5-6-8-24(20)33/h5-12,17-18H,3-4,13-16,19H2,1-2H3. The molecule has 0 unspecified atom stereocenters. The zero-order valence-electron chi connectivity index (χ0n) is 22.4. The van der Waals surface area contributed by atoms with Crippen molar-refractivity contribution in [2.24, 2.45) is 0 Å². The molecule has 3 aromatic carbocycles. The van der Waals surface area contributed by atoms with Crippen LogP contribution in [0.4, 0.5) is 10.8 Å². The molecule has 0 saturated heterocycles. The molecular weight excluding hydrogens is 548 g/mol. The van der Waals surface area contributed by atoms with Gasteiger partial charge in [0.2, 0.25) is 6.79 Å². The number of hydrogen-bond acceptors (Lipinski definition) is 8. The lowest BCUT2D eigenvalue weighted by Gasteiger charge is -2.25. The van der Waals surface area contributed by atoms with Crippen molar-refractivity contribution in [3.8, 4) is 11.5 Å². The Morgan fingerprint density at radius 2 is 1.73 bits per heavy atom. The number of ether oxygens (including phenoxy) is 2. The van der Waals surface area contributed by atoms with Gasteiger partial charge in [0.05, 0.1) is 20.8 Å². The van der Waals surface area contributed by atoms with Crippen LogP contribution in [-0.4, -0.2) is 63.7 Å². The SMILES string of the molecule is CCN(CC)CCN(C(=O)c1ccc(S(=O)(=O)N2CCc3ccccc32)cc1)c1nc2cc3c(cc2s1)OCO3. The lowest BCUT2D eigenvalue weighted by molar-refractivity contribution is 0.0983. The second-order valence-corrected chi connectivity index (χ2v) is 12.5. The van der Waals surface area contributed by atoms with Crippen molar-refractivity contribution in [2.75, 3.05) is 48.7 Å². The number of carbonyl (C=O) groups is 1. The van der Waals surface area contributed by atoms with Gasteiger partial charge in [-0.05, 0) is 55.4 Å². The van der Waals surface area contributed by atoms with Crippen LogP contribution in [0.3, 0.4) is 0 Å². The molecule has 3 heterocycles. The van der Waals surface area contributed by atoms with Crippen molar-refractivity contribution in [1.82, 2.24) is 9.88 Å². The summed E-state index contributed by atoms with van der Waals surface area (Å²) in [5, 5.41) is 0.571. The average molecular weight is 579 g/mol. The predicted molar refractivity (Wildman–Crippen MR) is 156 cm³/mol. The van der Waals surface area contributed by atoms with Crippen LogP contribution in [0.25, 0.3) is 10.2 Å². The minimum Gasteiger partial charge on any atom is -0.454 e. The second kappa shape index (κ2) is 10.7. The van der Waals surface area contributed by atoms with Crippen molar-refractivity contribution in [2.45, 2.75) is 25.2 Å². The average Bonchev–Trinajstić information content (AvgIpc) is 3.71. The molecule has 0 saturated carbocycles. The number of likely N-dealkylation sites (N-methyl/N-ethyl adjacent to an activating group) is 1. The van der Waals surface area contributed by atoms with Crippen molar-refractivity contribution >= 4 is 48.3 Å². The smallest absolute Gasteiger partial charge is 0.264 e. The molecule has 2 aliphatic heterocycles. The molecule has 0 aliphatic carbocycles. The van der Waals surface area contributed by atoms with E-state index in [4.69, 9.17) is 14.5 Å². The normalized spacial score (nSPS) is 14.2. The van der Waals surface area contributed by atoms with E-state index in [2.05, 4.69) is 18.7 Å². The minimum absolute atomic E-state index is 0.157. The number of anilines is 2. The van der Waals surface area contributed by atoms with Crippen molar-refractivity contribution in [3.63, 3.8) is 0 Å². The van der Waals surface area contributed by atoms with Crippen LogP contribution in [0, 0.1) is 0 Å². The monoisotopic (exact) mass is 578 g/mol. The summed E-state index contributed by atoms with van der Waals surface area (Å²) in [7, 11) is -3.75. The molecule has 0 atom stereocenters. The fourth-order valence-corrected chi connectivity index (χ4v) is 7.60. The number of carbonyl (C=O) groups excluding carboxylic acids is 1. The van der Waals surface area contributed by atoms with Gasteiger partial charge in [-0.25, -0.2) is 13.4 Å². The maximum atomic E-state index is 13.9. The zero-order chi connectivity index (χ0) is 27.9. The number of thiazole rings is 1. The highest BCUT2D eigenvalue weighted by Crippen LogP contribution is 2.40. The minimum atomic E-state index is -3.75. The van der Waals surface area contributed by atoms with Gasteiger partial charge in [-0.3, -0.25) is 14.0 Å². The van der Waals surface area contributed by atoms with Gasteiger partial charge in [0.25, 0.3) is 15.9 Å². The summed E-state index contributed by atoms with van der Waals surface area (Å²) < 4.78 is 40.3. The van der Waals surface area contributed by atoms with Crippen LogP contribution in [0.2, 0.25) is 0 Å². The molecule has 9 nitrogen and oxygen atoms in total. The van der Waals surface area contributed by atoms with Gasteiger partial charge in [0.1, 0.15) is 0 Å². The predicted octanol–water partition coefficient (Wildman–Crippen LogP) is 4.77. The molecule has 11 heteroatoms. The molecule has 0 bridgehead atoms. The Hall–Kier alpha value is -3.67. The fourth-order valence-electron chi connectivity index (χ4n) is 5.10. The lowest BCUT2D eigenvalue weighted by Crippen LogP contribution is -2.39. The van der Waals surface area contributed by atoms with Gasteiger partial charge in [0, 0.05) is 37.3 Å². The fraction of sp³-hybridized carbons (Fsp3) is 0.310. The van der Waals surface area contributed by atoms with Crippen LogP contribution >= 0.6 is 11.3 Å². The van der Waals surface area contributed by atoms with E-state index in [1.54, 1.807) is 17.0 Å². The highest BCUT2D eigenvalue weighted by Gasteiger charge is 2.31. The molecule has 0 radical (unpaired) electrons. The summed E-state index contributed by atoms with van der Waals surface area (Å²) in [5.74, 6) is 1.07. The van der Waals surface area contributed by atoms with E-state index in [0.717, 1.165) is 28.9 Å². The third-order valence-corrected chi connectivity index (χ3v) is 10.3. The first-order valence-electron chi connectivity index (χ1n) is 13.3. The van der Waals surface area contributed by atoms with E-state index in [-0.39, 0.29) is 17.6 Å². The summed E-state index contributed by atoms with van der Waals surface area (Å²) in [4.78, 5) is 22.7. The van der Waals surface area contributed by atoms with Crippen molar-refractivity contribution in [3.05, 3.63) is 71.8 Å². The quantitative estimate of drug-likeness (QED) is 0.283. The largest absolute Gasteiger partial charge is 0.454 e. The van der Waals surface area contributed by atoms with Crippen LogP contribution in [0.15, 0.2) is 65.6 Å². The maximum absolute atomic E-state index is 13.9. The summed E-state index contributed by atoms with van der Waals surface area (Å²) in [6.45, 7) is 7.62. The third kappa shape index (κ3) is 4.78. The van der Waals surface area contributed by atoms with Gasteiger partial charge >= 0.3 is 0 Å². The lowest BCUT2D eigenvalue weighted by atomic mass is 10.2. The molecule has 0 N–H and O–H groups in total. The summed E-state index contributed by atoms with van der Waals surface area (Å²) in [6.07, 6.45) is 0.677. The number of rotatable bonds is 9. The van der Waals surface area contributed by atoms with Crippen molar-refractivity contribution < 1.29 is 22.7 Å². The van der Waals surface area contributed by atoms with E-state index in [1.165, 1.54) is 27.8 Å². The number of hydrogen-bond donors (Lipinski definition) is 0. The first-order valence-corrected chi connectivity index (χ1v) is 15.6. The molecule has 40 heavy (non-hydrogen) atoms. The van der Waals surface area contributed by atoms with Crippen LogP contribution in [-0.2, 0) is 16.4 Å². The van der Waals surface area contributed by atoms with E-state index in [1.807, 2.05) is 36.4 Å². The molecule has 208 valence electrons. The molecule has 6 rings (SSSR count).